The van der Waals surface area contributed by atoms with Crippen LogP contribution in [-0.2, 0) is 0 Å². The second-order valence-corrected chi connectivity index (χ2v) is 6.57. The van der Waals surface area contributed by atoms with Gasteiger partial charge in [-0.3, -0.25) is 0 Å². The Balaban J connectivity index is 2.58. The molecule has 17 heavy (non-hydrogen) atoms. The Bertz CT molecular complexity index is 371. The molecule has 0 saturated heterocycles. The standard InChI is InChI=1S/C14H21BrFN/c1-10(17-8-7-14(2,3)4)12-9-11(15)5-6-13(12)16/h5-6,9-10,17H,7-8H2,1-4H3. The van der Waals surface area contributed by atoms with E-state index < -0.39 is 0 Å². The average Bonchev–Trinajstić information content (AvgIpc) is 2.19. The summed E-state index contributed by atoms with van der Waals surface area (Å²) in [5, 5.41) is 3.36. The van der Waals surface area contributed by atoms with Crippen molar-refractivity contribution in [2.45, 2.75) is 40.2 Å². The van der Waals surface area contributed by atoms with Crippen molar-refractivity contribution in [3.05, 3.63) is 34.1 Å². The van der Waals surface area contributed by atoms with Gasteiger partial charge in [-0.05, 0) is 43.5 Å². The molecule has 0 bridgehead atoms. The Morgan fingerprint density at radius 1 is 1.35 bits per heavy atom. The summed E-state index contributed by atoms with van der Waals surface area (Å²) in [6.07, 6.45) is 1.08. The smallest absolute Gasteiger partial charge is 0.128 e. The first-order valence-corrected chi connectivity index (χ1v) is 6.77. The van der Waals surface area contributed by atoms with Gasteiger partial charge < -0.3 is 5.32 Å². The highest BCUT2D eigenvalue weighted by Gasteiger charge is 2.13. The predicted octanol–water partition coefficient (Wildman–Crippen LogP) is 4.68. The molecule has 3 heteroatoms. The van der Waals surface area contributed by atoms with E-state index in [9.17, 15) is 4.39 Å². The normalized spacial score (nSPS) is 13.8. The van der Waals surface area contributed by atoms with Crippen molar-refractivity contribution in [2.75, 3.05) is 6.54 Å². The van der Waals surface area contributed by atoms with Crippen molar-refractivity contribution >= 4 is 15.9 Å². The second kappa shape index (κ2) is 5.96. The van der Waals surface area contributed by atoms with Crippen molar-refractivity contribution in [1.82, 2.24) is 5.32 Å². The molecule has 0 aliphatic carbocycles. The molecule has 1 unspecified atom stereocenters. The highest BCUT2D eigenvalue weighted by Crippen LogP contribution is 2.22. The molecule has 1 atom stereocenters. The third-order valence-electron chi connectivity index (χ3n) is 2.75. The lowest BCUT2D eigenvalue weighted by molar-refractivity contribution is 0.356. The van der Waals surface area contributed by atoms with Crippen LogP contribution in [0, 0.1) is 11.2 Å². The molecular formula is C14H21BrFN. The van der Waals surface area contributed by atoms with Gasteiger partial charge >= 0.3 is 0 Å². The van der Waals surface area contributed by atoms with Crippen LogP contribution < -0.4 is 5.32 Å². The molecule has 1 rings (SSSR count). The van der Waals surface area contributed by atoms with Gasteiger partial charge in [0, 0.05) is 16.1 Å². The fourth-order valence-electron chi connectivity index (χ4n) is 1.62. The lowest BCUT2D eigenvalue weighted by Gasteiger charge is -2.21. The summed E-state index contributed by atoms with van der Waals surface area (Å²) < 4.78 is 14.5. The molecule has 0 radical (unpaired) electrons. The summed E-state index contributed by atoms with van der Waals surface area (Å²) in [7, 11) is 0. The van der Waals surface area contributed by atoms with E-state index in [0.717, 1.165) is 17.4 Å². The number of halogens is 2. The van der Waals surface area contributed by atoms with Crippen LogP contribution in [0.4, 0.5) is 4.39 Å². The first-order chi connectivity index (χ1) is 7.79. The molecule has 96 valence electrons. The molecular weight excluding hydrogens is 281 g/mol. The lowest BCUT2D eigenvalue weighted by Crippen LogP contribution is -2.24. The van der Waals surface area contributed by atoms with Gasteiger partial charge in [-0.1, -0.05) is 36.7 Å². The summed E-state index contributed by atoms with van der Waals surface area (Å²) in [6.45, 7) is 9.52. The molecule has 0 spiro atoms. The lowest BCUT2D eigenvalue weighted by atomic mass is 9.92. The van der Waals surface area contributed by atoms with Gasteiger partial charge in [-0.2, -0.15) is 0 Å². The second-order valence-electron chi connectivity index (χ2n) is 5.65. The molecule has 0 saturated carbocycles. The number of nitrogens with one attached hydrogen (secondary N) is 1. The molecule has 1 nitrogen and oxygen atoms in total. The fraction of sp³-hybridized carbons (Fsp3) is 0.571. The van der Waals surface area contributed by atoms with Crippen LogP contribution in [0.2, 0.25) is 0 Å². The molecule has 0 fully saturated rings. The third-order valence-corrected chi connectivity index (χ3v) is 3.24. The van der Waals surface area contributed by atoms with E-state index >= 15 is 0 Å². The number of hydrogen-bond acceptors (Lipinski definition) is 1. The molecule has 0 aromatic heterocycles. The first-order valence-electron chi connectivity index (χ1n) is 5.98. The van der Waals surface area contributed by atoms with E-state index in [1.54, 1.807) is 6.07 Å². The van der Waals surface area contributed by atoms with Gasteiger partial charge in [0.25, 0.3) is 0 Å². The molecule has 0 aliphatic heterocycles. The van der Waals surface area contributed by atoms with Crippen LogP contribution >= 0.6 is 15.9 Å². The molecule has 1 N–H and O–H groups in total. The highest BCUT2D eigenvalue weighted by molar-refractivity contribution is 9.10. The molecule has 0 amide bonds. The summed E-state index contributed by atoms with van der Waals surface area (Å²) >= 11 is 3.37. The van der Waals surface area contributed by atoms with Crippen LogP contribution in [0.3, 0.4) is 0 Å². The first kappa shape index (κ1) is 14.7. The summed E-state index contributed by atoms with van der Waals surface area (Å²) in [5.41, 5.74) is 1.02. The summed E-state index contributed by atoms with van der Waals surface area (Å²) in [5.74, 6) is -0.149. The quantitative estimate of drug-likeness (QED) is 0.852. The summed E-state index contributed by atoms with van der Waals surface area (Å²) in [6, 6.07) is 5.10. The van der Waals surface area contributed by atoms with E-state index in [1.807, 2.05) is 13.0 Å². The Morgan fingerprint density at radius 3 is 2.59 bits per heavy atom. The summed E-state index contributed by atoms with van der Waals surface area (Å²) in [4.78, 5) is 0. The van der Waals surface area contributed by atoms with Crippen LogP contribution in [-0.4, -0.2) is 6.54 Å². The predicted molar refractivity (Wildman–Crippen MR) is 74.6 cm³/mol. The third kappa shape index (κ3) is 5.17. The molecule has 0 heterocycles. The van der Waals surface area contributed by atoms with E-state index in [4.69, 9.17) is 0 Å². The number of benzene rings is 1. The fourth-order valence-corrected chi connectivity index (χ4v) is 2.00. The minimum absolute atomic E-state index is 0.0369. The van der Waals surface area contributed by atoms with Crippen molar-refractivity contribution < 1.29 is 4.39 Å². The van der Waals surface area contributed by atoms with Crippen molar-refractivity contribution in [1.29, 1.82) is 0 Å². The highest BCUT2D eigenvalue weighted by atomic mass is 79.9. The van der Waals surface area contributed by atoms with Crippen LogP contribution in [0.25, 0.3) is 0 Å². The maximum Gasteiger partial charge on any atom is 0.128 e. The van der Waals surface area contributed by atoms with Gasteiger partial charge in [0.05, 0.1) is 0 Å². The van der Waals surface area contributed by atoms with E-state index in [-0.39, 0.29) is 11.9 Å². The SMILES string of the molecule is CC(NCCC(C)(C)C)c1cc(Br)ccc1F. The Labute approximate surface area is 112 Å². The van der Waals surface area contributed by atoms with Crippen molar-refractivity contribution in [3.8, 4) is 0 Å². The van der Waals surface area contributed by atoms with Crippen LogP contribution in [0.5, 0.6) is 0 Å². The maximum atomic E-state index is 13.6. The van der Waals surface area contributed by atoms with Gasteiger partial charge in [-0.15, -0.1) is 0 Å². The molecule has 1 aromatic rings. The largest absolute Gasteiger partial charge is 0.310 e. The maximum absolute atomic E-state index is 13.6. The van der Waals surface area contributed by atoms with Crippen molar-refractivity contribution in [2.24, 2.45) is 5.41 Å². The van der Waals surface area contributed by atoms with Gasteiger partial charge in [-0.25, -0.2) is 4.39 Å². The van der Waals surface area contributed by atoms with Gasteiger partial charge in [0.1, 0.15) is 5.82 Å². The van der Waals surface area contributed by atoms with E-state index in [1.165, 1.54) is 6.07 Å². The zero-order valence-electron chi connectivity index (χ0n) is 11.0. The zero-order chi connectivity index (χ0) is 13.1. The minimum atomic E-state index is -0.149. The average molecular weight is 302 g/mol. The van der Waals surface area contributed by atoms with E-state index in [0.29, 0.717) is 11.0 Å². The number of hydrogen-bond donors (Lipinski definition) is 1. The molecule has 0 aliphatic rings. The topological polar surface area (TPSA) is 12.0 Å². The van der Waals surface area contributed by atoms with Gasteiger partial charge in [0.15, 0.2) is 0 Å². The Kier molecular flexibility index (Phi) is 5.14. The van der Waals surface area contributed by atoms with Crippen LogP contribution in [0.1, 0.15) is 45.7 Å². The Morgan fingerprint density at radius 2 is 2.00 bits per heavy atom. The minimum Gasteiger partial charge on any atom is -0.310 e. The monoisotopic (exact) mass is 301 g/mol. The Hall–Kier alpha value is -0.410. The zero-order valence-corrected chi connectivity index (χ0v) is 12.6. The number of rotatable bonds is 4. The van der Waals surface area contributed by atoms with Crippen molar-refractivity contribution in [3.63, 3.8) is 0 Å². The van der Waals surface area contributed by atoms with Gasteiger partial charge in [0.2, 0.25) is 0 Å². The van der Waals surface area contributed by atoms with Crippen LogP contribution in [0.15, 0.2) is 22.7 Å². The van der Waals surface area contributed by atoms with E-state index in [2.05, 4.69) is 42.0 Å². The molecule has 1 aromatic carbocycles.